The average Bonchev–Trinajstić information content (AvgIpc) is 2.44. The molecule has 0 aliphatic heterocycles. The Morgan fingerprint density at radius 1 is 1.29 bits per heavy atom. The van der Waals surface area contributed by atoms with Gasteiger partial charge >= 0.3 is 0 Å². The molecule has 0 fully saturated rings. The number of thiophene rings is 1. The molecule has 14 heavy (non-hydrogen) atoms. The molecule has 0 spiro atoms. The molecule has 1 aromatic carbocycles. The van der Waals surface area contributed by atoms with Crippen molar-refractivity contribution in [2.75, 3.05) is 14.1 Å². The number of hydrogen-bond acceptors (Lipinski definition) is 2. The van der Waals surface area contributed by atoms with Gasteiger partial charge in [0.05, 0.1) is 0 Å². The van der Waals surface area contributed by atoms with Crippen LogP contribution in [0.1, 0.15) is 4.88 Å². The van der Waals surface area contributed by atoms with Gasteiger partial charge in [0.1, 0.15) is 5.82 Å². The van der Waals surface area contributed by atoms with Crippen molar-refractivity contribution in [3.8, 4) is 0 Å². The predicted octanol–water partition coefficient (Wildman–Crippen LogP) is 3.10. The first-order valence-corrected chi connectivity index (χ1v) is 5.29. The second kappa shape index (κ2) is 3.67. The number of halogens is 1. The number of hydrogen-bond donors (Lipinski definition) is 0. The third kappa shape index (κ3) is 1.94. The maximum Gasteiger partial charge on any atom is 0.124 e. The van der Waals surface area contributed by atoms with E-state index in [1.807, 2.05) is 20.2 Å². The molecule has 0 unspecified atom stereocenters. The second-order valence-corrected chi connectivity index (χ2v) is 4.80. The first-order valence-electron chi connectivity index (χ1n) is 4.48. The van der Waals surface area contributed by atoms with Crippen LogP contribution in [-0.4, -0.2) is 19.0 Å². The van der Waals surface area contributed by atoms with Crippen molar-refractivity contribution >= 4 is 21.4 Å². The molecular formula is C11H12FNS. The summed E-state index contributed by atoms with van der Waals surface area (Å²) in [4.78, 5) is 3.39. The molecule has 1 heterocycles. The van der Waals surface area contributed by atoms with Gasteiger partial charge in [0, 0.05) is 16.1 Å². The third-order valence-electron chi connectivity index (χ3n) is 2.01. The molecule has 0 bridgehead atoms. The van der Waals surface area contributed by atoms with Gasteiger partial charge in [0.25, 0.3) is 0 Å². The second-order valence-electron chi connectivity index (χ2n) is 3.63. The Morgan fingerprint density at radius 2 is 2.07 bits per heavy atom. The highest BCUT2D eigenvalue weighted by molar-refractivity contribution is 7.19. The van der Waals surface area contributed by atoms with E-state index >= 15 is 0 Å². The highest BCUT2D eigenvalue weighted by Crippen LogP contribution is 2.26. The zero-order valence-corrected chi connectivity index (χ0v) is 9.07. The van der Waals surface area contributed by atoms with E-state index in [1.165, 1.54) is 10.9 Å². The predicted molar refractivity (Wildman–Crippen MR) is 59.2 cm³/mol. The number of fused-ring (bicyclic) bond motifs is 1. The summed E-state index contributed by atoms with van der Waals surface area (Å²) in [6, 6.07) is 7.06. The van der Waals surface area contributed by atoms with Gasteiger partial charge in [-0.15, -0.1) is 11.3 Å². The van der Waals surface area contributed by atoms with Crippen LogP contribution in [0.25, 0.3) is 10.1 Å². The van der Waals surface area contributed by atoms with Crippen LogP contribution in [0.15, 0.2) is 24.3 Å². The summed E-state index contributed by atoms with van der Waals surface area (Å²) in [7, 11) is 4.07. The molecule has 1 nitrogen and oxygen atoms in total. The number of nitrogens with zero attached hydrogens (tertiary/aromatic N) is 1. The summed E-state index contributed by atoms with van der Waals surface area (Å²) in [6.45, 7) is 0.918. The molecule has 0 radical (unpaired) electrons. The molecule has 3 heteroatoms. The van der Waals surface area contributed by atoms with Crippen molar-refractivity contribution in [3.05, 3.63) is 35.0 Å². The lowest BCUT2D eigenvalue weighted by Crippen LogP contribution is -2.09. The molecule has 1 aromatic heterocycles. The SMILES string of the molecule is CN(C)Cc1cc2ccc(F)cc2s1. The Morgan fingerprint density at radius 3 is 2.79 bits per heavy atom. The Bertz CT molecular complexity index is 447. The Balaban J connectivity index is 2.41. The molecule has 0 saturated carbocycles. The maximum atomic E-state index is 12.9. The first kappa shape index (κ1) is 9.62. The van der Waals surface area contributed by atoms with Crippen LogP contribution >= 0.6 is 11.3 Å². The molecule has 0 N–H and O–H groups in total. The van der Waals surface area contributed by atoms with Gasteiger partial charge in [-0.05, 0) is 37.7 Å². The molecule has 0 aliphatic rings. The summed E-state index contributed by atoms with van der Waals surface area (Å²) in [5, 5.41) is 1.13. The third-order valence-corrected chi connectivity index (χ3v) is 3.09. The van der Waals surface area contributed by atoms with Gasteiger partial charge in [0.2, 0.25) is 0 Å². The fourth-order valence-electron chi connectivity index (χ4n) is 1.45. The smallest absolute Gasteiger partial charge is 0.124 e. The molecule has 0 atom stereocenters. The molecular weight excluding hydrogens is 197 g/mol. The van der Waals surface area contributed by atoms with E-state index in [0.717, 1.165) is 16.6 Å². The lowest BCUT2D eigenvalue weighted by molar-refractivity contribution is 0.406. The summed E-state index contributed by atoms with van der Waals surface area (Å²) < 4.78 is 13.9. The van der Waals surface area contributed by atoms with Gasteiger partial charge in [0.15, 0.2) is 0 Å². The van der Waals surface area contributed by atoms with Crippen molar-refractivity contribution in [1.29, 1.82) is 0 Å². The van der Waals surface area contributed by atoms with Gasteiger partial charge < -0.3 is 4.90 Å². The van der Waals surface area contributed by atoms with Crippen LogP contribution in [0, 0.1) is 5.82 Å². The largest absolute Gasteiger partial charge is 0.304 e. The molecule has 0 amide bonds. The lowest BCUT2D eigenvalue weighted by Gasteiger charge is -2.05. The summed E-state index contributed by atoms with van der Waals surface area (Å²) in [6.07, 6.45) is 0. The van der Waals surface area contributed by atoms with Gasteiger partial charge in [-0.3, -0.25) is 0 Å². The average molecular weight is 209 g/mol. The first-order chi connectivity index (χ1) is 6.65. The number of benzene rings is 1. The van der Waals surface area contributed by atoms with Crippen LogP contribution < -0.4 is 0 Å². The lowest BCUT2D eigenvalue weighted by atomic mass is 10.2. The van der Waals surface area contributed by atoms with Crippen LogP contribution in [0.4, 0.5) is 4.39 Å². The minimum absolute atomic E-state index is 0.157. The van der Waals surface area contributed by atoms with Crippen molar-refractivity contribution in [3.63, 3.8) is 0 Å². The highest BCUT2D eigenvalue weighted by Gasteiger charge is 2.03. The monoisotopic (exact) mass is 209 g/mol. The van der Waals surface area contributed by atoms with Crippen LogP contribution in [-0.2, 0) is 6.54 Å². The standard InChI is InChI=1S/C11H12FNS/c1-13(2)7-10-5-8-3-4-9(12)6-11(8)14-10/h3-6H,7H2,1-2H3. The summed E-state index contributed by atoms with van der Waals surface area (Å²) in [5.41, 5.74) is 0. The maximum absolute atomic E-state index is 12.9. The normalized spacial score (nSPS) is 11.4. The fourth-order valence-corrected chi connectivity index (χ4v) is 2.66. The zero-order chi connectivity index (χ0) is 10.1. The van der Waals surface area contributed by atoms with E-state index in [0.29, 0.717) is 0 Å². The topological polar surface area (TPSA) is 3.24 Å². The van der Waals surface area contributed by atoms with E-state index in [2.05, 4.69) is 11.0 Å². The molecule has 0 aliphatic carbocycles. The summed E-state index contributed by atoms with van der Waals surface area (Å²) in [5.74, 6) is -0.157. The van der Waals surface area contributed by atoms with E-state index < -0.39 is 0 Å². The van der Waals surface area contributed by atoms with E-state index in [9.17, 15) is 4.39 Å². The molecule has 2 rings (SSSR count). The summed E-state index contributed by atoms with van der Waals surface area (Å²) >= 11 is 1.66. The Labute approximate surface area is 86.8 Å². The van der Waals surface area contributed by atoms with Crippen LogP contribution in [0.3, 0.4) is 0 Å². The minimum atomic E-state index is -0.157. The Kier molecular flexibility index (Phi) is 2.52. The molecule has 0 saturated heterocycles. The molecule has 74 valence electrons. The Hall–Kier alpha value is -0.930. The van der Waals surface area contributed by atoms with Gasteiger partial charge in [-0.1, -0.05) is 6.07 Å². The van der Waals surface area contributed by atoms with E-state index in [4.69, 9.17) is 0 Å². The van der Waals surface area contributed by atoms with E-state index in [-0.39, 0.29) is 5.82 Å². The minimum Gasteiger partial charge on any atom is -0.304 e. The van der Waals surface area contributed by atoms with Crippen LogP contribution in [0.2, 0.25) is 0 Å². The quantitative estimate of drug-likeness (QED) is 0.734. The van der Waals surface area contributed by atoms with Crippen molar-refractivity contribution in [2.24, 2.45) is 0 Å². The van der Waals surface area contributed by atoms with Crippen molar-refractivity contribution in [2.45, 2.75) is 6.54 Å². The zero-order valence-electron chi connectivity index (χ0n) is 8.25. The van der Waals surface area contributed by atoms with Crippen LogP contribution in [0.5, 0.6) is 0 Å². The van der Waals surface area contributed by atoms with E-state index in [1.54, 1.807) is 17.4 Å². The molecule has 2 aromatic rings. The highest BCUT2D eigenvalue weighted by atomic mass is 32.1. The van der Waals surface area contributed by atoms with Gasteiger partial charge in [-0.2, -0.15) is 0 Å². The van der Waals surface area contributed by atoms with Crippen molar-refractivity contribution in [1.82, 2.24) is 4.90 Å². The van der Waals surface area contributed by atoms with Crippen molar-refractivity contribution < 1.29 is 4.39 Å². The number of rotatable bonds is 2. The fraction of sp³-hybridized carbons (Fsp3) is 0.273. The van der Waals surface area contributed by atoms with Gasteiger partial charge in [-0.25, -0.2) is 4.39 Å².